The number of aryl methyl sites for hydroxylation is 2. The molecule has 0 saturated carbocycles. The largest absolute Gasteiger partial charge is 0.384 e. The Labute approximate surface area is 122 Å². The Morgan fingerprint density at radius 3 is 2.65 bits per heavy atom. The first kappa shape index (κ1) is 14.3. The molecule has 3 nitrogen and oxygen atoms in total. The van der Waals surface area contributed by atoms with E-state index in [0.717, 1.165) is 16.8 Å². The van der Waals surface area contributed by atoms with Gasteiger partial charge in [0.25, 0.3) is 5.91 Å². The third-order valence-corrected chi connectivity index (χ3v) is 3.57. The summed E-state index contributed by atoms with van der Waals surface area (Å²) in [6.45, 7) is 3.77. The van der Waals surface area contributed by atoms with Gasteiger partial charge in [-0.1, -0.05) is 17.9 Å². The SMILES string of the molecule is Cc1cc(C)cc(NC(=O)c2sccc2C#CCO)c1. The van der Waals surface area contributed by atoms with Crippen molar-refractivity contribution in [1.82, 2.24) is 0 Å². The Kier molecular flexibility index (Phi) is 4.57. The van der Waals surface area contributed by atoms with Crippen molar-refractivity contribution in [3.8, 4) is 11.8 Å². The van der Waals surface area contributed by atoms with E-state index in [1.165, 1.54) is 11.3 Å². The number of carbonyl (C=O) groups excluding carboxylic acids is 1. The maximum Gasteiger partial charge on any atom is 0.267 e. The first-order chi connectivity index (χ1) is 9.60. The number of amides is 1. The van der Waals surface area contributed by atoms with Crippen molar-refractivity contribution in [2.24, 2.45) is 0 Å². The lowest BCUT2D eigenvalue weighted by Crippen LogP contribution is -2.11. The normalized spacial score (nSPS) is 9.75. The van der Waals surface area contributed by atoms with Gasteiger partial charge in [-0.15, -0.1) is 11.3 Å². The second-order valence-corrected chi connectivity index (χ2v) is 5.37. The lowest BCUT2D eigenvalue weighted by Gasteiger charge is -2.06. The molecule has 102 valence electrons. The van der Waals surface area contributed by atoms with E-state index in [1.54, 1.807) is 6.07 Å². The fraction of sp³-hybridized carbons (Fsp3) is 0.188. The minimum atomic E-state index is -0.214. The lowest BCUT2D eigenvalue weighted by molar-refractivity contribution is 0.103. The van der Waals surface area contributed by atoms with Gasteiger partial charge in [0.05, 0.1) is 0 Å². The predicted molar refractivity (Wildman–Crippen MR) is 82.2 cm³/mol. The Morgan fingerprint density at radius 2 is 2.00 bits per heavy atom. The van der Waals surface area contributed by atoms with Crippen LogP contribution >= 0.6 is 11.3 Å². The van der Waals surface area contributed by atoms with Crippen molar-refractivity contribution in [2.45, 2.75) is 13.8 Å². The van der Waals surface area contributed by atoms with Crippen LogP contribution in [0.4, 0.5) is 5.69 Å². The maximum atomic E-state index is 12.3. The number of rotatable bonds is 2. The quantitative estimate of drug-likeness (QED) is 0.833. The summed E-state index contributed by atoms with van der Waals surface area (Å²) in [5, 5.41) is 13.4. The second kappa shape index (κ2) is 6.38. The molecule has 0 aliphatic heterocycles. The van der Waals surface area contributed by atoms with Crippen LogP contribution < -0.4 is 5.32 Å². The average Bonchev–Trinajstić information content (AvgIpc) is 2.83. The molecule has 4 heteroatoms. The molecule has 0 atom stereocenters. The van der Waals surface area contributed by atoms with Crippen LogP contribution in [0.2, 0.25) is 0 Å². The number of hydrogen-bond acceptors (Lipinski definition) is 3. The fourth-order valence-corrected chi connectivity index (χ4v) is 2.70. The maximum absolute atomic E-state index is 12.3. The summed E-state index contributed by atoms with van der Waals surface area (Å²) in [4.78, 5) is 12.8. The molecule has 1 heterocycles. The fourth-order valence-electron chi connectivity index (χ4n) is 1.95. The molecule has 0 saturated heterocycles. The molecular weight excluding hydrogens is 270 g/mol. The van der Waals surface area contributed by atoms with Crippen LogP contribution in [0.15, 0.2) is 29.6 Å². The molecule has 0 fully saturated rings. The number of aliphatic hydroxyl groups excluding tert-OH is 1. The van der Waals surface area contributed by atoms with Gasteiger partial charge < -0.3 is 10.4 Å². The first-order valence-electron chi connectivity index (χ1n) is 6.17. The Hall–Kier alpha value is -2.09. The first-order valence-corrected chi connectivity index (χ1v) is 7.05. The topological polar surface area (TPSA) is 49.3 Å². The van der Waals surface area contributed by atoms with E-state index >= 15 is 0 Å². The van der Waals surface area contributed by atoms with E-state index in [1.807, 2.05) is 31.4 Å². The molecule has 2 aromatic rings. The van der Waals surface area contributed by atoms with Crippen molar-refractivity contribution < 1.29 is 9.90 Å². The molecule has 2 N–H and O–H groups in total. The van der Waals surface area contributed by atoms with E-state index in [4.69, 9.17) is 5.11 Å². The summed E-state index contributed by atoms with van der Waals surface area (Å²) in [6.07, 6.45) is 0. The van der Waals surface area contributed by atoms with Crippen LogP contribution in [0.3, 0.4) is 0 Å². The smallest absolute Gasteiger partial charge is 0.267 e. The zero-order valence-corrected chi connectivity index (χ0v) is 12.2. The van der Waals surface area contributed by atoms with Gasteiger partial charge in [-0.05, 0) is 48.6 Å². The standard InChI is InChI=1S/C16H15NO2S/c1-11-8-12(2)10-14(9-11)17-16(19)15-13(4-3-6-18)5-7-20-15/h5,7-10,18H,6H2,1-2H3,(H,17,19). The summed E-state index contributed by atoms with van der Waals surface area (Å²) in [6, 6.07) is 7.69. The number of nitrogens with one attached hydrogen (secondary N) is 1. The van der Waals surface area contributed by atoms with Crippen LogP contribution in [-0.4, -0.2) is 17.6 Å². The van der Waals surface area contributed by atoms with Crippen molar-refractivity contribution in [3.63, 3.8) is 0 Å². The highest BCUT2D eigenvalue weighted by Crippen LogP contribution is 2.19. The van der Waals surface area contributed by atoms with Gasteiger partial charge in [0.2, 0.25) is 0 Å². The number of hydrogen-bond donors (Lipinski definition) is 2. The van der Waals surface area contributed by atoms with Crippen molar-refractivity contribution in [1.29, 1.82) is 0 Å². The number of anilines is 1. The van der Waals surface area contributed by atoms with Gasteiger partial charge in [0, 0.05) is 11.3 Å². The van der Waals surface area contributed by atoms with Crippen molar-refractivity contribution in [3.05, 3.63) is 51.2 Å². The molecule has 0 aliphatic carbocycles. The number of carbonyl (C=O) groups is 1. The van der Waals surface area contributed by atoms with Gasteiger partial charge in [-0.25, -0.2) is 0 Å². The van der Waals surface area contributed by atoms with Crippen LogP contribution in [-0.2, 0) is 0 Å². The number of benzene rings is 1. The Morgan fingerprint density at radius 1 is 1.30 bits per heavy atom. The molecule has 2 rings (SSSR count). The highest BCUT2D eigenvalue weighted by Gasteiger charge is 2.12. The van der Waals surface area contributed by atoms with E-state index < -0.39 is 0 Å². The monoisotopic (exact) mass is 285 g/mol. The van der Waals surface area contributed by atoms with Gasteiger partial charge in [0.15, 0.2) is 0 Å². The van der Waals surface area contributed by atoms with Crippen molar-refractivity contribution >= 4 is 22.9 Å². The lowest BCUT2D eigenvalue weighted by atomic mass is 10.1. The minimum Gasteiger partial charge on any atom is -0.384 e. The van der Waals surface area contributed by atoms with Gasteiger partial charge in [-0.3, -0.25) is 4.79 Å². The third-order valence-electron chi connectivity index (χ3n) is 2.65. The summed E-state index contributed by atoms with van der Waals surface area (Å²) < 4.78 is 0. The number of aliphatic hydroxyl groups is 1. The molecule has 0 radical (unpaired) electrons. The van der Waals surface area contributed by atoms with Crippen LogP contribution in [0.1, 0.15) is 26.4 Å². The molecule has 20 heavy (non-hydrogen) atoms. The van der Waals surface area contributed by atoms with Crippen LogP contribution in [0.25, 0.3) is 0 Å². The molecule has 0 bridgehead atoms. The summed E-state index contributed by atoms with van der Waals surface area (Å²) in [5.41, 5.74) is 3.63. The third kappa shape index (κ3) is 3.47. The van der Waals surface area contributed by atoms with Crippen LogP contribution in [0, 0.1) is 25.7 Å². The van der Waals surface area contributed by atoms with Gasteiger partial charge in [0.1, 0.15) is 11.5 Å². The molecular formula is C16H15NO2S. The van der Waals surface area contributed by atoms with Crippen LogP contribution in [0.5, 0.6) is 0 Å². The summed E-state index contributed by atoms with van der Waals surface area (Å²) >= 11 is 1.34. The molecule has 1 aromatic heterocycles. The Balaban J connectivity index is 2.22. The highest BCUT2D eigenvalue weighted by atomic mass is 32.1. The molecule has 0 aliphatic rings. The number of thiophene rings is 1. The van der Waals surface area contributed by atoms with Gasteiger partial charge >= 0.3 is 0 Å². The van der Waals surface area contributed by atoms with E-state index in [0.29, 0.717) is 10.4 Å². The molecule has 1 amide bonds. The van der Waals surface area contributed by atoms with Gasteiger partial charge in [-0.2, -0.15) is 0 Å². The average molecular weight is 285 g/mol. The zero-order chi connectivity index (χ0) is 14.5. The zero-order valence-electron chi connectivity index (χ0n) is 11.4. The minimum absolute atomic E-state index is 0.174. The Bertz CT molecular complexity index is 672. The highest BCUT2D eigenvalue weighted by molar-refractivity contribution is 7.12. The van der Waals surface area contributed by atoms with E-state index in [9.17, 15) is 4.79 Å². The van der Waals surface area contributed by atoms with Crippen molar-refractivity contribution in [2.75, 3.05) is 11.9 Å². The summed E-state index contributed by atoms with van der Waals surface area (Å²) in [7, 11) is 0. The molecule has 1 aromatic carbocycles. The predicted octanol–water partition coefficient (Wildman–Crippen LogP) is 2.96. The molecule has 0 unspecified atom stereocenters. The van der Waals surface area contributed by atoms with E-state index in [-0.39, 0.29) is 12.5 Å². The molecule has 0 spiro atoms. The summed E-state index contributed by atoms with van der Waals surface area (Å²) in [5.74, 6) is 5.17. The van der Waals surface area contributed by atoms with E-state index in [2.05, 4.69) is 23.2 Å². The second-order valence-electron chi connectivity index (χ2n) is 4.45.